The van der Waals surface area contributed by atoms with Crippen LogP contribution in [0.2, 0.25) is 0 Å². The number of anilines is 1. The molecule has 3 heteroatoms. The van der Waals surface area contributed by atoms with Gasteiger partial charge in [-0.15, -0.1) is 0 Å². The normalized spacial score (nSPS) is 23.7. The summed E-state index contributed by atoms with van der Waals surface area (Å²) in [5.41, 5.74) is 4.25. The van der Waals surface area contributed by atoms with Gasteiger partial charge >= 0.3 is 0 Å². The highest BCUT2D eigenvalue weighted by atomic mass is 16.3. The molecule has 1 saturated heterocycles. The molecule has 18 heavy (non-hydrogen) atoms. The molecule has 0 saturated carbocycles. The van der Waals surface area contributed by atoms with Gasteiger partial charge in [0.05, 0.1) is 0 Å². The Labute approximate surface area is 109 Å². The summed E-state index contributed by atoms with van der Waals surface area (Å²) in [4.78, 5) is 2.49. The zero-order valence-corrected chi connectivity index (χ0v) is 10.9. The third-order valence-electron chi connectivity index (χ3n) is 4.19. The van der Waals surface area contributed by atoms with Crippen LogP contribution in [-0.4, -0.2) is 36.2 Å². The average Bonchev–Trinajstić information content (AvgIpc) is 2.88. The fraction of sp³-hybridized carbons (Fsp3) is 0.600. The molecule has 2 aliphatic heterocycles. The van der Waals surface area contributed by atoms with Gasteiger partial charge in [-0.1, -0.05) is 18.2 Å². The summed E-state index contributed by atoms with van der Waals surface area (Å²) in [6.07, 6.45) is 3.55. The number of aliphatic hydroxyl groups excluding tert-OH is 1. The molecule has 3 nitrogen and oxygen atoms in total. The first kappa shape index (κ1) is 12.0. The number of nitrogens with zero attached hydrogens (tertiary/aromatic N) is 1. The van der Waals surface area contributed by atoms with Crippen LogP contribution in [0.5, 0.6) is 0 Å². The van der Waals surface area contributed by atoms with Gasteiger partial charge in [0, 0.05) is 31.9 Å². The number of piperidine rings is 1. The first-order valence-electron chi connectivity index (χ1n) is 7.04. The standard InChI is InChI=1S/C15H22N2O/c18-11-12-3-2-8-17(9-12)10-14-5-1-4-13-6-7-16-15(13)14/h1,4-5,12,16,18H,2-3,6-11H2. The van der Waals surface area contributed by atoms with E-state index in [9.17, 15) is 5.11 Å². The van der Waals surface area contributed by atoms with Crippen LogP contribution < -0.4 is 5.32 Å². The number of para-hydroxylation sites is 1. The van der Waals surface area contributed by atoms with Crippen LogP contribution in [0.1, 0.15) is 24.0 Å². The van der Waals surface area contributed by atoms with Crippen LogP contribution in [-0.2, 0) is 13.0 Å². The zero-order chi connectivity index (χ0) is 12.4. The molecule has 0 bridgehead atoms. The van der Waals surface area contributed by atoms with Crippen LogP contribution in [0.3, 0.4) is 0 Å². The summed E-state index contributed by atoms with van der Waals surface area (Å²) >= 11 is 0. The highest BCUT2D eigenvalue weighted by Gasteiger charge is 2.21. The predicted octanol–water partition coefficient (Wildman–Crippen LogP) is 1.86. The summed E-state index contributed by atoms with van der Waals surface area (Å²) in [5.74, 6) is 0.475. The van der Waals surface area contributed by atoms with Crippen LogP contribution in [0.25, 0.3) is 0 Å². The van der Waals surface area contributed by atoms with E-state index >= 15 is 0 Å². The number of aliphatic hydroxyl groups is 1. The van der Waals surface area contributed by atoms with E-state index in [0.29, 0.717) is 12.5 Å². The number of fused-ring (bicyclic) bond motifs is 1. The Hall–Kier alpha value is -1.06. The highest BCUT2D eigenvalue weighted by molar-refractivity contribution is 5.61. The summed E-state index contributed by atoms with van der Waals surface area (Å²) < 4.78 is 0. The number of hydrogen-bond donors (Lipinski definition) is 2. The van der Waals surface area contributed by atoms with Crippen LogP contribution in [0, 0.1) is 5.92 Å². The molecular weight excluding hydrogens is 224 g/mol. The molecule has 0 radical (unpaired) electrons. The smallest absolute Gasteiger partial charge is 0.0471 e. The molecular formula is C15H22N2O. The highest BCUT2D eigenvalue weighted by Crippen LogP contribution is 2.28. The van der Waals surface area contributed by atoms with Crippen molar-refractivity contribution < 1.29 is 5.11 Å². The Morgan fingerprint density at radius 1 is 1.39 bits per heavy atom. The van der Waals surface area contributed by atoms with Crippen molar-refractivity contribution in [2.24, 2.45) is 5.92 Å². The Morgan fingerprint density at radius 3 is 3.22 bits per heavy atom. The van der Waals surface area contributed by atoms with E-state index in [2.05, 4.69) is 28.4 Å². The number of hydrogen-bond acceptors (Lipinski definition) is 3. The Bertz CT molecular complexity index is 419. The van der Waals surface area contributed by atoms with Gasteiger partial charge in [-0.2, -0.15) is 0 Å². The van der Waals surface area contributed by atoms with Crippen LogP contribution in [0.4, 0.5) is 5.69 Å². The molecule has 3 rings (SSSR count). The fourth-order valence-corrected chi connectivity index (χ4v) is 3.23. The van der Waals surface area contributed by atoms with E-state index < -0.39 is 0 Å². The third-order valence-corrected chi connectivity index (χ3v) is 4.19. The van der Waals surface area contributed by atoms with E-state index in [1.807, 2.05) is 0 Å². The van der Waals surface area contributed by atoms with Crippen molar-refractivity contribution >= 4 is 5.69 Å². The Kier molecular flexibility index (Phi) is 3.52. The summed E-state index contributed by atoms with van der Waals surface area (Å²) in [5, 5.41) is 12.8. The van der Waals surface area contributed by atoms with E-state index in [-0.39, 0.29) is 0 Å². The van der Waals surface area contributed by atoms with Crippen molar-refractivity contribution in [3.05, 3.63) is 29.3 Å². The van der Waals surface area contributed by atoms with Gasteiger partial charge in [0.2, 0.25) is 0 Å². The van der Waals surface area contributed by atoms with Crippen molar-refractivity contribution in [3.8, 4) is 0 Å². The topological polar surface area (TPSA) is 35.5 Å². The van der Waals surface area contributed by atoms with E-state index in [0.717, 1.165) is 26.1 Å². The monoisotopic (exact) mass is 246 g/mol. The number of nitrogens with one attached hydrogen (secondary N) is 1. The van der Waals surface area contributed by atoms with Gasteiger partial charge in [-0.05, 0) is 42.9 Å². The number of benzene rings is 1. The van der Waals surface area contributed by atoms with Gasteiger partial charge < -0.3 is 10.4 Å². The maximum atomic E-state index is 9.29. The lowest BCUT2D eigenvalue weighted by molar-refractivity contribution is 0.116. The maximum Gasteiger partial charge on any atom is 0.0471 e. The predicted molar refractivity (Wildman–Crippen MR) is 73.7 cm³/mol. The number of rotatable bonds is 3. The van der Waals surface area contributed by atoms with Crippen LogP contribution in [0.15, 0.2) is 18.2 Å². The van der Waals surface area contributed by atoms with Crippen LogP contribution >= 0.6 is 0 Å². The van der Waals surface area contributed by atoms with Crippen molar-refractivity contribution in [2.45, 2.75) is 25.8 Å². The van der Waals surface area contributed by atoms with Crippen molar-refractivity contribution in [3.63, 3.8) is 0 Å². The molecule has 0 amide bonds. The third kappa shape index (κ3) is 2.38. The van der Waals surface area contributed by atoms with Gasteiger partial charge in [-0.3, -0.25) is 4.90 Å². The lowest BCUT2D eigenvalue weighted by atomic mass is 9.98. The second-order valence-corrected chi connectivity index (χ2v) is 5.55. The molecule has 1 unspecified atom stereocenters. The summed E-state index contributed by atoms with van der Waals surface area (Å²) in [6.45, 7) is 4.64. The summed E-state index contributed by atoms with van der Waals surface area (Å²) in [7, 11) is 0. The molecule has 2 N–H and O–H groups in total. The Morgan fingerprint density at radius 2 is 2.33 bits per heavy atom. The number of likely N-dealkylation sites (tertiary alicyclic amines) is 1. The first-order chi connectivity index (χ1) is 8.86. The minimum Gasteiger partial charge on any atom is -0.396 e. The van der Waals surface area contributed by atoms with Crippen molar-refractivity contribution in [1.29, 1.82) is 0 Å². The second-order valence-electron chi connectivity index (χ2n) is 5.55. The van der Waals surface area contributed by atoms with Crippen molar-refractivity contribution in [2.75, 3.05) is 31.6 Å². The molecule has 1 atom stereocenters. The fourth-order valence-electron chi connectivity index (χ4n) is 3.23. The molecule has 1 aromatic carbocycles. The van der Waals surface area contributed by atoms with E-state index in [1.54, 1.807) is 0 Å². The lowest BCUT2D eigenvalue weighted by Gasteiger charge is -2.32. The molecule has 1 aromatic rings. The molecule has 98 valence electrons. The first-order valence-corrected chi connectivity index (χ1v) is 7.04. The van der Waals surface area contributed by atoms with Crippen molar-refractivity contribution in [1.82, 2.24) is 4.90 Å². The average molecular weight is 246 g/mol. The van der Waals surface area contributed by atoms with E-state index in [4.69, 9.17) is 0 Å². The molecule has 1 fully saturated rings. The second kappa shape index (κ2) is 5.29. The molecule has 0 aliphatic carbocycles. The van der Waals surface area contributed by atoms with E-state index in [1.165, 1.54) is 36.2 Å². The minimum absolute atomic E-state index is 0.335. The lowest BCUT2D eigenvalue weighted by Crippen LogP contribution is -2.36. The zero-order valence-electron chi connectivity index (χ0n) is 10.9. The van der Waals surface area contributed by atoms with Gasteiger partial charge in [0.25, 0.3) is 0 Å². The molecule has 0 spiro atoms. The quantitative estimate of drug-likeness (QED) is 0.854. The van der Waals surface area contributed by atoms with Gasteiger partial charge in [-0.25, -0.2) is 0 Å². The summed E-state index contributed by atoms with van der Waals surface area (Å²) in [6, 6.07) is 6.64. The maximum absolute atomic E-state index is 9.29. The molecule has 0 aromatic heterocycles. The molecule has 2 heterocycles. The Balaban J connectivity index is 1.71. The SMILES string of the molecule is OCC1CCCN(Cc2cccc3c2NCC3)C1. The molecule has 2 aliphatic rings. The largest absolute Gasteiger partial charge is 0.396 e. The van der Waals surface area contributed by atoms with Gasteiger partial charge in [0.1, 0.15) is 0 Å². The van der Waals surface area contributed by atoms with Gasteiger partial charge in [0.15, 0.2) is 0 Å². The minimum atomic E-state index is 0.335.